The van der Waals surface area contributed by atoms with Gasteiger partial charge in [0, 0.05) is 99.2 Å². The van der Waals surface area contributed by atoms with Gasteiger partial charge in [0.15, 0.2) is 0 Å². The molecule has 4 heterocycles. The van der Waals surface area contributed by atoms with Crippen molar-refractivity contribution in [1.82, 2.24) is 30.4 Å². The maximum Gasteiger partial charge on any atom is 0.218 e. The second kappa shape index (κ2) is 16.9. The van der Waals surface area contributed by atoms with Crippen LogP contribution in [0, 0.1) is 6.92 Å². The highest BCUT2D eigenvalue weighted by molar-refractivity contribution is 6.35. The Labute approximate surface area is 311 Å². The van der Waals surface area contributed by atoms with Crippen LogP contribution >= 0.6 is 11.6 Å². The van der Waals surface area contributed by atoms with Crippen LogP contribution in [0.3, 0.4) is 0 Å². The predicted molar refractivity (Wildman–Crippen MR) is 205 cm³/mol. The molecule has 2 aliphatic rings. The lowest BCUT2D eigenvalue weighted by atomic mass is 9.94. The molecule has 2 N–H and O–H groups in total. The van der Waals surface area contributed by atoms with E-state index < -0.39 is 0 Å². The van der Waals surface area contributed by atoms with Crippen LogP contribution in [0.5, 0.6) is 11.6 Å². The Hall–Kier alpha value is -4.51. The standard InChI is InChI=1S/C41H49ClN6O4/c1-26-34(7-6-8-35(26)37-12-11-31(41(46-37)52-5)25-48-21-16-33(17-22-48)45-28(3)50)36-13-18-43-40(39(36)42)29-9-10-30(38(23-29)51-4)24-47-19-14-32(15-20-47)44-27(2)49/h6-13,18,23,32-33H,14-17,19-22,24-25H2,1-5H3,(H,44,49)(H,45,50). The fourth-order valence-electron chi connectivity index (χ4n) is 7.52. The van der Waals surface area contributed by atoms with Crippen molar-refractivity contribution in [2.75, 3.05) is 40.4 Å². The van der Waals surface area contributed by atoms with Crippen LogP contribution in [-0.4, -0.2) is 84.1 Å². The highest BCUT2D eigenvalue weighted by Crippen LogP contribution is 2.40. The molecule has 6 rings (SSSR count). The highest BCUT2D eigenvalue weighted by atomic mass is 35.5. The molecule has 2 fully saturated rings. The largest absolute Gasteiger partial charge is 0.496 e. The first-order chi connectivity index (χ1) is 25.1. The molecule has 2 saturated heterocycles. The monoisotopic (exact) mass is 724 g/mol. The van der Waals surface area contributed by atoms with Gasteiger partial charge in [0.05, 0.1) is 30.6 Å². The van der Waals surface area contributed by atoms with Gasteiger partial charge >= 0.3 is 0 Å². The predicted octanol–water partition coefficient (Wildman–Crippen LogP) is 6.66. The molecule has 2 aliphatic heterocycles. The molecule has 0 spiro atoms. The molecule has 52 heavy (non-hydrogen) atoms. The van der Waals surface area contributed by atoms with E-state index in [1.165, 1.54) is 0 Å². The summed E-state index contributed by atoms with van der Waals surface area (Å²) in [5, 5.41) is 6.66. The van der Waals surface area contributed by atoms with Gasteiger partial charge in [-0.3, -0.25) is 24.4 Å². The van der Waals surface area contributed by atoms with Crippen LogP contribution in [-0.2, 0) is 22.7 Å². The Balaban J connectivity index is 1.20. The number of methoxy groups -OCH3 is 2. The van der Waals surface area contributed by atoms with E-state index in [1.807, 2.05) is 18.2 Å². The van der Waals surface area contributed by atoms with E-state index in [2.05, 4.69) is 63.8 Å². The van der Waals surface area contributed by atoms with Crippen molar-refractivity contribution in [2.45, 2.75) is 71.6 Å². The molecular weight excluding hydrogens is 676 g/mol. The maximum absolute atomic E-state index is 11.5. The smallest absolute Gasteiger partial charge is 0.218 e. The van der Waals surface area contributed by atoms with Crippen molar-refractivity contribution in [3.8, 4) is 45.3 Å². The van der Waals surface area contributed by atoms with E-state index in [4.69, 9.17) is 31.0 Å². The third-order valence-electron chi connectivity index (χ3n) is 10.3. The Morgan fingerprint density at radius 2 is 1.38 bits per heavy atom. The normalized spacial score (nSPS) is 16.0. The minimum absolute atomic E-state index is 0.0292. The van der Waals surface area contributed by atoms with E-state index in [0.717, 1.165) is 115 Å². The molecule has 274 valence electrons. The lowest BCUT2D eigenvalue weighted by molar-refractivity contribution is -0.120. The summed E-state index contributed by atoms with van der Waals surface area (Å²) >= 11 is 7.18. The van der Waals surface area contributed by atoms with Gasteiger partial charge in [0.1, 0.15) is 5.75 Å². The summed E-state index contributed by atoms with van der Waals surface area (Å²) < 4.78 is 11.7. The average molecular weight is 725 g/mol. The van der Waals surface area contributed by atoms with E-state index in [1.54, 1.807) is 34.3 Å². The minimum atomic E-state index is 0.0292. The van der Waals surface area contributed by atoms with E-state index in [9.17, 15) is 9.59 Å². The number of halogens is 1. The van der Waals surface area contributed by atoms with Crippen molar-refractivity contribution >= 4 is 23.4 Å². The fraction of sp³-hybridized carbons (Fsp3) is 0.415. The second-order valence-corrected chi connectivity index (χ2v) is 14.3. The number of ether oxygens (including phenoxy) is 2. The van der Waals surface area contributed by atoms with Gasteiger partial charge in [-0.25, -0.2) is 4.98 Å². The number of hydrogen-bond acceptors (Lipinski definition) is 8. The lowest BCUT2D eigenvalue weighted by Crippen LogP contribution is -2.43. The molecule has 0 unspecified atom stereocenters. The third-order valence-corrected chi connectivity index (χ3v) is 10.6. The van der Waals surface area contributed by atoms with E-state index >= 15 is 0 Å². The van der Waals surface area contributed by atoms with E-state index in [0.29, 0.717) is 16.6 Å². The SMILES string of the molecule is COc1cc(-c2nccc(-c3cccc(-c4ccc(CN5CCC(NC(C)=O)CC5)c(OC)n4)c3C)c2Cl)ccc1CN1CCC(NC(C)=O)CC1. The zero-order valence-corrected chi connectivity index (χ0v) is 31.6. The van der Waals surface area contributed by atoms with Gasteiger partial charge in [-0.1, -0.05) is 48.0 Å². The van der Waals surface area contributed by atoms with Crippen molar-refractivity contribution in [3.63, 3.8) is 0 Å². The Morgan fingerprint density at radius 3 is 1.98 bits per heavy atom. The molecule has 2 aromatic heterocycles. The first-order valence-corrected chi connectivity index (χ1v) is 18.5. The van der Waals surface area contributed by atoms with Crippen LogP contribution in [0.25, 0.3) is 33.6 Å². The first-order valence-electron chi connectivity index (χ1n) is 18.1. The van der Waals surface area contributed by atoms with Gasteiger partial charge in [0.2, 0.25) is 17.7 Å². The van der Waals surface area contributed by atoms with Crippen LogP contribution in [0.15, 0.2) is 60.8 Å². The number of nitrogens with one attached hydrogen (secondary N) is 2. The number of rotatable bonds is 11. The van der Waals surface area contributed by atoms with Crippen LogP contribution in [0.2, 0.25) is 5.02 Å². The second-order valence-electron chi connectivity index (χ2n) is 13.9. The number of piperidine rings is 2. The molecule has 4 aromatic rings. The first kappa shape index (κ1) is 37.3. The summed E-state index contributed by atoms with van der Waals surface area (Å²) in [6, 6.07) is 19.0. The number of carbonyl (C=O) groups is 2. The summed E-state index contributed by atoms with van der Waals surface area (Å²) in [5.74, 6) is 1.47. The zero-order chi connectivity index (χ0) is 36.8. The molecule has 0 aliphatic carbocycles. The minimum Gasteiger partial charge on any atom is -0.496 e. The van der Waals surface area contributed by atoms with Crippen molar-refractivity contribution < 1.29 is 19.1 Å². The number of pyridine rings is 2. The van der Waals surface area contributed by atoms with Crippen molar-refractivity contribution in [1.29, 1.82) is 0 Å². The summed E-state index contributed by atoms with van der Waals surface area (Å²) in [6.45, 7) is 10.4. The molecule has 0 radical (unpaired) electrons. The van der Waals surface area contributed by atoms with Crippen LogP contribution < -0.4 is 20.1 Å². The fourth-order valence-corrected chi connectivity index (χ4v) is 7.85. The number of nitrogens with zero attached hydrogens (tertiary/aromatic N) is 4. The van der Waals surface area contributed by atoms with Gasteiger partial charge in [-0.15, -0.1) is 0 Å². The van der Waals surface area contributed by atoms with Gasteiger partial charge in [-0.05, 0) is 61.9 Å². The van der Waals surface area contributed by atoms with Crippen LogP contribution in [0.4, 0.5) is 0 Å². The highest BCUT2D eigenvalue weighted by Gasteiger charge is 2.23. The molecule has 11 heteroatoms. The lowest BCUT2D eigenvalue weighted by Gasteiger charge is -2.32. The number of benzene rings is 2. The van der Waals surface area contributed by atoms with Gasteiger partial charge in [-0.2, -0.15) is 0 Å². The zero-order valence-electron chi connectivity index (χ0n) is 30.8. The summed E-state index contributed by atoms with van der Waals surface area (Å²) in [5.41, 5.74) is 8.48. The number of likely N-dealkylation sites (tertiary alicyclic amines) is 2. The molecule has 2 amide bonds. The molecule has 0 saturated carbocycles. The molecular formula is C41H49ClN6O4. The van der Waals surface area contributed by atoms with Gasteiger partial charge in [0.25, 0.3) is 0 Å². The van der Waals surface area contributed by atoms with Crippen molar-refractivity contribution in [2.24, 2.45) is 0 Å². The molecule has 0 atom stereocenters. The Bertz CT molecular complexity index is 1770. The van der Waals surface area contributed by atoms with Gasteiger partial charge < -0.3 is 20.1 Å². The Morgan fingerprint density at radius 1 is 0.788 bits per heavy atom. The topological polar surface area (TPSA) is 109 Å². The Kier molecular flexibility index (Phi) is 12.1. The summed E-state index contributed by atoms with van der Waals surface area (Å²) in [4.78, 5) is 37.4. The summed E-state index contributed by atoms with van der Waals surface area (Å²) in [7, 11) is 3.36. The third kappa shape index (κ3) is 8.74. The average Bonchev–Trinajstić information content (AvgIpc) is 3.13. The molecule has 0 bridgehead atoms. The number of amides is 2. The molecule has 10 nitrogen and oxygen atoms in total. The number of hydrogen-bond donors (Lipinski definition) is 2. The quantitative estimate of drug-likeness (QED) is 0.177. The number of aromatic nitrogens is 2. The maximum atomic E-state index is 11.5. The van der Waals surface area contributed by atoms with Crippen LogP contribution in [0.1, 0.15) is 56.2 Å². The summed E-state index contributed by atoms with van der Waals surface area (Å²) in [6.07, 6.45) is 5.53. The molecule has 2 aromatic carbocycles. The number of carbonyl (C=O) groups excluding carboxylic acids is 2. The van der Waals surface area contributed by atoms with Crippen molar-refractivity contribution in [3.05, 3.63) is 82.5 Å². The van der Waals surface area contributed by atoms with E-state index in [-0.39, 0.29) is 23.9 Å².